The van der Waals surface area contributed by atoms with Gasteiger partial charge in [-0.05, 0) is 109 Å². The van der Waals surface area contributed by atoms with Crippen LogP contribution in [0.2, 0.25) is 0 Å². The van der Waals surface area contributed by atoms with Crippen LogP contribution in [-0.2, 0) is 4.79 Å². The van der Waals surface area contributed by atoms with Crippen molar-refractivity contribution in [1.82, 2.24) is 10.6 Å². The van der Waals surface area contributed by atoms with Crippen LogP contribution in [0, 0.1) is 11.3 Å². The fourth-order valence-corrected chi connectivity index (χ4v) is 8.10. The highest BCUT2D eigenvalue weighted by Crippen LogP contribution is 2.63. The van der Waals surface area contributed by atoms with Gasteiger partial charge in [-0.25, -0.2) is 0 Å². The number of ketones is 1. The highest BCUT2D eigenvalue weighted by atomic mass is 16.5. The lowest BCUT2D eigenvalue weighted by Gasteiger charge is -2.33. The van der Waals surface area contributed by atoms with Gasteiger partial charge in [0.1, 0.15) is 11.5 Å². The van der Waals surface area contributed by atoms with E-state index < -0.39 is 0 Å². The SMILES string of the molecule is CC.CC.CO.COc1ccc(C(CNC=O)NCCC23CC2c2cc(OC)ccc2/C=C(\C2CCCCC2)c2ccc(C(C)=O)cc2N(C)C3)cc1. The second-order valence-electron chi connectivity index (χ2n) is 13.7. The van der Waals surface area contributed by atoms with Gasteiger partial charge in [-0.1, -0.05) is 83.4 Å². The van der Waals surface area contributed by atoms with Crippen LogP contribution in [0.5, 0.6) is 11.5 Å². The third-order valence-electron chi connectivity index (χ3n) is 10.8. The number of rotatable bonds is 12. The molecule has 3 aromatic rings. The third-order valence-corrected chi connectivity index (χ3v) is 10.8. The first kappa shape index (κ1) is 43.3. The van der Waals surface area contributed by atoms with Crippen LogP contribution in [0.4, 0.5) is 5.69 Å². The van der Waals surface area contributed by atoms with E-state index in [1.165, 1.54) is 54.4 Å². The maximum Gasteiger partial charge on any atom is 0.207 e. The maximum atomic E-state index is 12.6. The average molecular weight is 728 g/mol. The van der Waals surface area contributed by atoms with Gasteiger partial charge in [0.15, 0.2) is 5.78 Å². The molecule has 53 heavy (non-hydrogen) atoms. The number of carbonyl (C=O) groups excluding carboxylic acids is 2. The standard InChI is InChI=1S/C40H49N3O4.2C2H6.CH4O/c1-27(45)30-13-17-34-35(28-8-6-5-7-9-28)20-31-12-16-33(47-4)22-36(31)37-23-40(37,25-43(2)39(34)21-30)18-19-42-38(24-41-26-44)29-10-14-32(46-3)15-11-29;3*1-2/h10-17,20-22,26,28,37-38,42H,5-9,18-19,23-25H2,1-4H3,(H,41,44);2*1-2H3;2H,1H3/b35-20+;;;. The molecule has 1 heterocycles. The summed E-state index contributed by atoms with van der Waals surface area (Å²) in [5, 5.41) is 13.6. The summed E-state index contributed by atoms with van der Waals surface area (Å²) in [4.78, 5) is 26.3. The van der Waals surface area contributed by atoms with Crippen LogP contribution in [0.1, 0.15) is 124 Å². The van der Waals surface area contributed by atoms with Gasteiger partial charge in [0.25, 0.3) is 0 Å². The molecule has 8 nitrogen and oxygen atoms in total. The van der Waals surface area contributed by atoms with Crippen molar-refractivity contribution in [3.63, 3.8) is 0 Å². The van der Waals surface area contributed by atoms with Gasteiger partial charge >= 0.3 is 0 Å². The average Bonchev–Trinajstić information content (AvgIpc) is 3.93. The lowest BCUT2D eigenvalue weighted by Crippen LogP contribution is -2.35. The zero-order valence-corrected chi connectivity index (χ0v) is 33.8. The van der Waals surface area contributed by atoms with Crippen molar-refractivity contribution in [2.75, 3.05) is 52.9 Å². The van der Waals surface area contributed by atoms with Gasteiger partial charge in [-0.15, -0.1) is 0 Å². The second-order valence-corrected chi connectivity index (χ2v) is 13.7. The highest BCUT2D eigenvalue weighted by molar-refractivity contribution is 5.97. The monoisotopic (exact) mass is 727 g/mol. The Morgan fingerprint density at radius 3 is 2.23 bits per heavy atom. The van der Waals surface area contributed by atoms with E-state index in [0.29, 0.717) is 18.4 Å². The van der Waals surface area contributed by atoms with Crippen molar-refractivity contribution in [2.24, 2.45) is 11.3 Å². The van der Waals surface area contributed by atoms with Crippen molar-refractivity contribution >= 4 is 29.5 Å². The summed E-state index contributed by atoms with van der Waals surface area (Å²) in [6.07, 6.45) is 11.5. The summed E-state index contributed by atoms with van der Waals surface area (Å²) < 4.78 is 11.1. The normalized spacial score (nSPS) is 20.2. The number of allylic oxidation sites excluding steroid dienone is 1. The Balaban J connectivity index is 0.00000120. The molecule has 2 fully saturated rings. The van der Waals surface area contributed by atoms with Crippen molar-refractivity contribution in [2.45, 2.75) is 91.5 Å². The zero-order valence-electron chi connectivity index (χ0n) is 33.8. The number of nitrogens with zero attached hydrogens (tertiary/aromatic N) is 1. The van der Waals surface area contributed by atoms with Gasteiger partial charge in [-0.2, -0.15) is 0 Å². The van der Waals surface area contributed by atoms with Crippen LogP contribution in [0.15, 0.2) is 60.7 Å². The molecule has 8 heteroatoms. The van der Waals surface area contributed by atoms with Crippen LogP contribution >= 0.6 is 0 Å². The molecule has 290 valence electrons. The van der Waals surface area contributed by atoms with E-state index in [9.17, 15) is 9.59 Å². The number of aliphatic hydroxyl groups excluding tert-OH is 1. The number of nitrogens with one attached hydrogen (secondary N) is 2. The Morgan fingerprint density at radius 1 is 0.943 bits per heavy atom. The first-order chi connectivity index (χ1) is 25.9. The Labute approximate surface area is 319 Å². The van der Waals surface area contributed by atoms with Crippen LogP contribution < -0.4 is 25.0 Å². The van der Waals surface area contributed by atoms with Crippen molar-refractivity contribution in [3.8, 4) is 11.5 Å². The number of methoxy groups -OCH3 is 2. The number of aliphatic hydroxyl groups is 1. The Hall–Kier alpha value is -4.14. The third kappa shape index (κ3) is 10.7. The number of anilines is 1. The second kappa shape index (κ2) is 21.5. The van der Waals surface area contributed by atoms with E-state index >= 15 is 0 Å². The van der Waals surface area contributed by atoms with Crippen LogP contribution in [0.25, 0.3) is 11.6 Å². The molecule has 0 radical (unpaired) electrons. The Morgan fingerprint density at radius 2 is 1.60 bits per heavy atom. The molecule has 3 unspecified atom stereocenters. The predicted octanol–water partition coefficient (Wildman–Crippen LogP) is 9.08. The molecule has 0 saturated heterocycles. The van der Waals surface area contributed by atoms with Gasteiger partial charge in [0, 0.05) is 50.1 Å². The number of fused-ring (bicyclic) bond motifs is 4. The van der Waals surface area contributed by atoms with Gasteiger partial charge in [-0.3, -0.25) is 9.59 Å². The Kier molecular flexibility index (Phi) is 17.6. The molecule has 1 aliphatic heterocycles. The summed E-state index contributed by atoms with van der Waals surface area (Å²) >= 11 is 0. The summed E-state index contributed by atoms with van der Waals surface area (Å²) in [5.74, 6) is 2.67. The molecule has 3 N–H and O–H groups in total. The summed E-state index contributed by atoms with van der Waals surface area (Å²) in [6.45, 7) is 11.8. The van der Waals surface area contributed by atoms with E-state index in [2.05, 4.69) is 71.1 Å². The van der Waals surface area contributed by atoms with Gasteiger partial charge in [0.05, 0.1) is 14.2 Å². The molecule has 1 amide bonds. The Bertz CT molecular complexity index is 1610. The van der Waals surface area contributed by atoms with E-state index in [1.54, 1.807) is 21.1 Å². The molecular formula is C45H65N3O5. The number of ether oxygens (including phenoxy) is 2. The maximum absolute atomic E-state index is 12.6. The number of Topliss-reactive ketones (excluding diaryl/α,β-unsaturated/α-hetero) is 1. The number of hydrogen-bond donors (Lipinski definition) is 3. The van der Waals surface area contributed by atoms with Crippen LogP contribution in [0.3, 0.4) is 0 Å². The summed E-state index contributed by atoms with van der Waals surface area (Å²) in [7, 11) is 6.62. The van der Waals surface area contributed by atoms with Crippen molar-refractivity contribution in [3.05, 3.63) is 88.5 Å². The smallest absolute Gasteiger partial charge is 0.207 e. The first-order valence-electron chi connectivity index (χ1n) is 19.6. The number of amides is 1. The lowest BCUT2D eigenvalue weighted by atomic mass is 9.78. The van der Waals surface area contributed by atoms with Crippen molar-refractivity contribution < 1.29 is 24.2 Å². The summed E-state index contributed by atoms with van der Waals surface area (Å²) in [5.41, 5.74) is 8.34. The molecule has 6 rings (SSSR count). The molecule has 0 bridgehead atoms. The quantitative estimate of drug-likeness (QED) is 0.126. The van der Waals surface area contributed by atoms with Crippen LogP contribution in [-0.4, -0.2) is 65.3 Å². The minimum absolute atomic E-state index is 0.0239. The van der Waals surface area contributed by atoms with Gasteiger partial charge < -0.3 is 30.1 Å². The minimum Gasteiger partial charge on any atom is -0.497 e. The van der Waals surface area contributed by atoms with E-state index in [4.69, 9.17) is 14.6 Å². The first-order valence-corrected chi connectivity index (χ1v) is 19.6. The molecule has 3 aliphatic rings. The highest BCUT2D eigenvalue weighted by Gasteiger charge is 2.55. The molecule has 2 saturated carbocycles. The van der Waals surface area contributed by atoms with Crippen molar-refractivity contribution in [1.29, 1.82) is 0 Å². The molecule has 3 atom stereocenters. The molecular weight excluding hydrogens is 663 g/mol. The number of carbonyl (C=O) groups is 2. The number of hydrogen-bond acceptors (Lipinski definition) is 7. The zero-order chi connectivity index (χ0) is 39.0. The minimum atomic E-state index is -0.0239. The lowest BCUT2D eigenvalue weighted by molar-refractivity contribution is -0.109. The molecule has 2 aliphatic carbocycles. The topological polar surface area (TPSA) is 100 Å². The predicted molar refractivity (Wildman–Crippen MR) is 220 cm³/mol. The molecule has 3 aromatic carbocycles. The van der Waals surface area contributed by atoms with E-state index in [0.717, 1.165) is 67.8 Å². The fourth-order valence-electron chi connectivity index (χ4n) is 8.10. The fraction of sp³-hybridized carbons (Fsp3) is 0.511. The summed E-state index contributed by atoms with van der Waals surface area (Å²) in [6, 6.07) is 21.0. The van der Waals surface area contributed by atoms with Gasteiger partial charge in [0.2, 0.25) is 6.41 Å². The largest absolute Gasteiger partial charge is 0.497 e. The molecule has 0 spiro atoms. The molecule has 0 aromatic heterocycles. The number of benzene rings is 3. The van der Waals surface area contributed by atoms with E-state index in [-0.39, 0.29) is 17.2 Å². The van der Waals surface area contributed by atoms with E-state index in [1.807, 2.05) is 45.9 Å².